The highest BCUT2D eigenvalue weighted by Gasteiger charge is 2.08. The van der Waals surface area contributed by atoms with Gasteiger partial charge in [0.1, 0.15) is 0 Å². The maximum atomic E-state index is 13.1. The summed E-state index contributed by atoms with van der Waals surface area (Å²) in [5.41, 5.74) is 5.48. The van der Waals surface area contributed by atoms with Gasteiger partial charge in [0.2, 0.25) is 0 Å². The number of hydrogen-bond acceptors (Lipinski definition) is 2. The Morgan fingerprint density at radius 3 is 2.83 bits per heavy atom. The minimum atomic E-state index is -0.593. The van der Waals surface area contributed by atoms with Crippen LogP contribution in [0.2, 0.25) is 5.02 Å². The van der Waals surface area contributed by atoms with E-state index in [9.17, 15) is 4.39 Å². The Hall–Kier alpha value is -1.27. The molecule has 0 saturated heterocycles. The van der Waals surface area contributed by atoms with E-state index in [1.807, 2.05) is 6.07 Å². The Morgan fingerprint density at radius 1 is 1.58 bits per heavy atom. The summed E-state index contributed by atoms with van der Waals surface area (Å²) in [6.45, 7) is 0. The van der Waals surface area contributed by atoms with Crippen LogP contribution in [-0.2, 0) is 6.42 Å². The third kappa shape index (κ3) is 1.49. The average molecular weight is 185 g/mol. The maximum Gasteiger partial charge on any atom is 0.151 e. The predicted octanol–water partition coefficient (Wildman–Crippen LogP) is 2.13. The molecule has 0 unspecified atom stereocenters. The fourth-order valence-corrected chi connectivity index (χ4v) is 0.982. The number of nitrogens with two attached hydrogens (primary N) is 1. The van der Waals surface area contributed by atoms with E-state index in [4.69, 9.17) is 22.6 Å². The number of hydrogen-bond donors (Lipinski definition) is 1. The van der Waals surface area contributed by atoms with Gasteiger partial charge in [-0.3, -0.25) is 0 Å². The van der Waals surface area contributed by atoms with Gasteiger partial charge in [-0.1, -0.05) is 17.7 Å². The number of rotatable bonds is 1. The molecule has 1 aromatic rings. The van der Waals surface area contributed by atoms with Crippen molar-refractivity contribution in [1.82, 2.24) is 0 Å². The molecule has 0 radical (unpaired) electrons. The molecule has 12 heavy (non-hydrogen) atoms. The summed E-state index contributed by atoms with van der Waals surface area (Å²) in [5.74, 6) is -0.593. The fourth-order valence-electron chi connectivity index (χ4n) is 0.836. The molecule has 0 fully saturated rings. The molecule has 4 heteroatoms. The van der Waals surface area contributed by atoms with Gasteiger partial charge in [0.05, 0.1) is 23.2 Å². The molecule has 62 valence electrons. The lowest BCUT2D eigenvalue weighted by molar-refractivity contribution is 0.620. The van der Waals surface area contributed by atoms with Gasteiger partial charge in [-0.2, -0.15) is 5.26 Å². The molecule has 1 aromatic carbocycles. The molecule has 1 rings (SSSR count). The van der Waals surface area contributed by atoms with Crippen molar-refractivity contribution in [3.05, 3.63) is 28.5 Å². The molecule has 0 amide bonds. The van der Waals surface area contributed by atoms with E-state index < -0.39 is 5.82 Å². The van der Waals surface area contributed by atoms with Crippen molar-refractivity contribution in [2.45, 2.75) is 6.42 Å². The molecule has 2 N–H and O–H groups in total. The van der Waals surface area contributed by atoms with Crippen molar-refractivity contribution in [3.63, 3.8) is 0 Å². The monoisotopic (exact) mass is 184 g/mol. The second-order valence-corrected chi connectivity index (χ2v) is 2.68. The lowest BCUT2D eigenvalue weighted by atomic mass is 10.1. The molecular formula is C8H6ClFN2. The zero-order valence-corrected chi connectivity index (χ0v) is 6.90. The quantitative estimate of drug-likeness (QED) is 0.680. The van der Waals surface area contributed by atoms with E-state index >= 15 is 0 Å². The number of nitrogens with zero attached hydrogens (tertiary/aromatic N) is 1. The van der Waals surface area contributed by atoms with Crippen molar-refractivity contribution in [3.8, 4) is 6.07 Å². The summed E-state index contributed by atoms with van der Waals surface area (Å²) in [6.07, 6.45) is 0.00715. The van der Waals surface area contributed by atoms with Crippen LogP contribution in [0.5, 0.6) is 0 Å². The Balaban J connectivity index is 3.19. The second-order valence-electron chi connectivity index (χ2n) is 2.27. The summed E-state index contributed by atoms with van der Waals surface area (Å²) in [6, 6.07) is 4.77. The number of halogens is 2. The van der Waals surface area contributed by atoms with Crippen LogP contribution >= 0.6 is 11.6 Å². The maximum absolute atomic E-state index is 13.1. The van der Waals surface area contributed by atoms with Crippen LogP contribution < -0.4 is 5.73 Å². The molecule has 0 aliphatic heterocycles. The highest BCUT2D eigenvalue weighted by molar-refractivity contribution is 6.33. The highest BCUT2D eigenvalue weighted by Crippen LogP contribution is 2.24. The summed E-state index contributed by atoms with van der Waals surface area (Å²) in [7, 11) is 0. The predicted molar refractivity (Wildman–Crippen MR) is 45.1 cm³/mol. The minimum Gasteiger partial charge on any atom is -0.395 e. The molecule has 0 aliphatic rings. The lowest BCUT2D eigenvalue weighted by Crippen LogP contribution is -1.96. The van der Waals surface area contributed by atoms with Crippen LogP contribution in [0.1, 0.15) is 5.56 Å². The van der Waals surface area contributed by atoms with E-state index in [0.717, 1.165) is 0 Å². The van der Waals surface area contributed by atoms with Gasteiger partial charge in [-0.25, -0.2) is 4.39 Å². The smallest absolute Gasteiger partial charge is 0.151 e. The summed E-state index contributed by atoms with van der Waals surface area (Å²) in [5, 5.41) is 8.49. The Bertz CT molecular complexity index is 344. The highest BCUT2D eigenvalue weighted by atomic mass is 35.5. The SMILES string of the molecule is N#CCc1ccc(Cl)c(N)c1F. The molecule has 0 saturated carbocycles. The van der Waals surface area contributed by atoms with E-state index in [-0.39, 0.29) is 22.7 Å². The van der Waals surface area contributed by atoms with Crippen molar-refractivity contribution < 1.29 is 4.39 Å². The van der Waals surface area contributed by atoms with Gasteiger partial charge in [0, 0.05) is 5.56 Å². The zero-order valence-electron chi connectivity index (χ0n) is 6.14. The number of benzene rings is 1. The van der Waals surface area contributed by atoms with Crippen molar-refractivity contribution in [1.29, 1.82) is 5.26 Å². The standard InChI is InChI=1S/C8H6ClFN2/c9-6-2-1-5(3-4-11)7(10)8(6)12/h1-2H,3,12H2. The first-order chi connectivity index (χ1) is 5.66. The number of anilines is 1. The van der Waals surface area contributed by atoms with E-state index in [0.29, 0.717) is 0 Å². The molecule has 0 atom stereocenters. The number of nitriles is 1. The van der Waals surface area contributed by atoms with E-state index in [2.05, 4.69) is 0 Å². The largest absolute Gasteiger partial charge is 0.395 e. The first kappa shape index (κ1) is 8.82. The number of nitrogen functional groups attached to an aromatic ring is 1. The van der Waals surface area contributed by atoms with Gasteiger partial charge in [0.25, 0.3) is 0 Å². The molecule has 0 aromatic heterocycles. The van der Waals surface area contributed by atoms with Gasteiger partial charge in [0.15, 0.2) is 5.82 Å². The van der Waals surface area contributed by atoms with Crippen LogP contribution in [0.3, 0.4) is 0 Å². The molecular weight excluding hydrogens is 179 g/mol. The Morgan fingerprint density at radius 2 is 2.25 bits per heavy atom. The fraction of sp³-hybridized carbons (Fsp3) is 0.125. The van der Waals surface area contributed by atoms with Gasteiger partial charge < -0.3 is 5.73 Å². The van der Waals surface area contributed by atoms with Gasteiger partial charge in [-0.05, 0) is 6.07 Å². The van der Waals surface area contributed by atoms with Gasteiger partial charge >= 0.3 is 0 Å². The third-order valence-corrected chi connectivity index (χ3v) is 1.81. The normalized spacial score (nSPS) is 9.42. The van der Waals surface area contributed by atoms with Crippen molar-refractivity contribution >= 4 is 17.3 Å². The van der Waals surface area contributed by atoms with Crippen LogP contribution in [0.4, 0.5) is 10.1 Å². The summed E-state index contributed by atoms with van der Waals surface area (Å²) < 4.78 is 13.1. The molecule has 0 spiro atoms. The van der Waals surface area contributed by atoms with Crippen LogP contribution in [0.15, 0.2) is 12.1 Å². The van der Waals surface area contributed by atoms with Crippen molar-refractivity contribution in [2.24, 2.45) is 0 Å². The minimum absolute atomic E-state index is 0.00715. The zero-order chi connectivity index (χ0) is 9.14. The second kappa shape index (κ2) is 3.42. The average Bonchev–Trinajstić information content (AvgIpc) is 2.07. The Labute approximate surface area is 74.4 Å². The van der Waals surface area contributed by atoms with E-state index in [1.165, 1.54) is 12.1 Å². The lowest BCUT2D eigenvalue weighted by Gasteiger charge is -2.02. The van der Waals surface area contributed by atoms with Crippen molar-refractivity contribution in [2.75, 3.05) is 5.73 Å². The molecule has 2 nitrogen and oxygen atoms in total. The molecule has 0 aliphatic carbocycles. The summed E-state index contributed by atoms with van der Waals surface area (Å²) in [4.78, 5) is 0. The Kier molecular flexibility index (Phi) is 2.51. The third-order valence-electron chi connectivity index (χ3n) is 1.48. The van der Waals surface area contributed by atoms with Crippen LogP contribution in [-0.4, -0.2) is 0 Å². The molecule has 0 bridgehead atoms. The summed E-state index contributed by atoms with van der Waals surface area (Å²) >= 11 is 5.54. The first-order valence-corrected chi connectivity index (χ1v) is 3.64. The van der Waals surface area contributed by atoms with Crippen LogP contribution in [0.25, 0.3) is 0 Å². The first-order valence-electron chi connectivity index (χ1n) is 3.26. The van der Waals surface area contributed by atoms with Gasteiger partial charge in [-0.15, -0.1) is 0 Å². The van der Waals surface area contributed by atoms with E-state index in [1.54, 1.807) is 0 Å². The topological polar surface area (TPSA) is 49.8 Å². The molecule has 0 heterocycles. The van der Waals surface area contributed by atoms with Crippen LogP contribution in [0, 0.1) is 17.1 Å².